The Morgan fingerprint density at radius 1 is 1.10 bits per heavy atom. The zero-order valence-corrected chi connectivity index (χ0v) is 21.5. The highest BCUT2D eigenvalue weighted by Gasteiger charge is 2.35. The number of nitrogens with one attached hydrogen (secondary N) is 3. The Morgan fingerprint density at radius 2 is 1.87 bits per heavy atom. The molecule has 3 heterocycles. The van der Waals surface area contributed by atoms with Gasteiger partial charge < -0.3 is 10.6 Å². The van der Waals surface area contributed by atoms with Gasteiger partial charge in [-0.1, -0.05) is 24.3 Å². The van der Waals surface area contributed by atoms with E-state index in [0.717, 1.165) is 12.6 Å². The first kappa shape index (κ1) is 25.8. The van der Waals surface area contributed by atoms with Crippen molar-refractivity contribution in [2.45, 2.75) is 19.5 Å². The van der Waals surface area contributed by atoms with Gasteiger partial charge >= 0.3 is 0 Å². The zero-order valence-electron chi connectivity index (χ0n) is 20.7. The predicted molar refractivity (Wildman–Crippen MR) is 136 cm³/mol. The summed E-state index contributed by atoms with van der Waals surface area (Å²) in [4.78, 5) is 33.6. The van der Waals surface area contributed by atoms with Crippen LogP contribution in [0, 0.1) is 12.7 Å². The Bertz CT molecular complexity index is 1680. The second kappa shape index (κ2) is 10.2. The van der Waals surface area contributed by atoms with Crippen molar-refractivity contribution in [2.75, 3.05) is 17.1 Å². The minimum atomic E-state index is -3.67. The second-order valence-electron chi connectivity index (χ2n) is 8.88. The van der Waals surface area contributed by atoms with Crippen molar-refractivity contribution in [1.82, 2.24) is 41.2 Å². The van der Waals surface area contributed by atoms with E-state index in [2.05, 4.69) is 41.2 Å². The van der Waals surface area contributed by atoms with E-state index in [-0.39, 0.29) is 30.3 Å². The normalized spacial score (nSPS) is 14.6. The molecule has 0 aliphatic carbocycles. The van der Waals surface area contributed by atoms with Crippen molar-refractivity contribution in [3.8, 4) is 11.4 Å². The zero-order chi connectivity index (χ0) is 27.7. The quantitative estimate of drug-likeness (QED) is 0.305. The minimum absolute atomic E-state index is 0.0366. The number of tetrazole rings is 1. The number of halogens is 1. The van der Waals surface area contributed by atoms with Crippen LogP contribution in [0.2, 0.25) is 0 Å². The molecular weight excluding hydrogens is 529 g/mol. The molecular formula is C24H22FN9O4S. The highest BCUT2D eigenvalue weighted by atomic mass is 32.2. The standard InChI is InChI=1S/C24H22FN9O4S/c1-13-7-14(3-6-17(13)25)10-26-23(35)18-9-19(28-12-27-18)24(36)29-20-11-34(39(2,37)38)21-8-15(4-5-16(20)21)22-30-32-33-31-22/h3-9,12,20H,10-11H2,1-2H3,(H,26,35)(H,29,36)(H,30,31,32,33)/t20-/m1/s1. The molecule has 200 valence electrons. The van der Waals surface area contributed by atoms with Gasteiger partial charge in [0.15, 0.2) is 0 Å². The lowest BCUT2D eigenvalue weighted by molar-refractivity contribution is 0.0934. The van der Waals surface area contributed by atoms with Crippen LogP contribution >= 0.6 is 0 Å². The minimum Gasteiger partial charge on any atom is -0.347 e. The summed E-state index contributed by atoms with van der Waals surface area (Å²) in [5.74, 6) is -1.21. The number of carbonyl (C=O) groups excluding carboxylic acids is 2. The summed E-state index contributed by atoms with van der Waals surface area (Å²) in [5.41, 5.74) is 2.54. The van der Waals surface area contributed by atoms with Crippen molar-refractivity contribution < 1.29 is 22.4 Å². The third-order valence-corrected chi connectivity index (χ3v) is 7.29. The van der Waals surface area contributed by atoms with E-state index in [4.69, 9.17) is 0 Å². The highest BCUT2D eigenvalue weighted by molar-refractivity contribution is 7.92. The average Bonchev–Trinajstić information content (AvgIpc) is 3.57. The fourth-order valence-electron chi connectivity index (χ4n) is 4.20. The molecule has 0 unspecified atom stereocenters. The van der Waals surface area contributed by atoms with Crippen LogP contribution in [0.4, 0.5) is 10.1 Å². The van der Waals surface area contributed by atoms with Crippen LogP contribution in [0.25, 0.3) is 11.4 Å². The van der Waals surface area contributed by atoms with Crippen LogP contribution < -0.4 is 14.9 Å². The Balaban J connectivity index is 1.32. The molecule has 0 bridgehead atoms. The fraction of sp³-hybridized carbons (Fsp3) is 0.208. The maximum atomic E-state index is 13.5. The summed E-state index contributed by atoms with van der Waals surface area (Å²) in [6.45, 7) is 1.73. The molecule has 13 nitrogen and oxygen atoms in total. The Labute approximate surface area is 221 Å². The molecule has 3 N–H and O–H groups in total. The van der Waals surface area contributed by atoms with Gasteiger partial charge in [-0.05, 0) is 35.4 Å². The molecule has 0 fully saturated rings. The van der Waals surface area contributed by atoms with E-state index >= 15 is 0 Å². The second-order valence-corrected chi connectivity index (χ2v) is 10.8. The van der Waals surface area contributed by atoms with E-state index in [1.165, 1.54) is 16.4 Å². The number of nitrogens with zero attached hydrogens (tertiary/aromatic N) is 6. The average molecular weight is 552 g/mol. The van der Waals surface area contributed by atoms with Gasteiger partial charge in [0.1, 0.15) is 23.5 Å². The number of hydrogen-bond donors (Lipinski definition) is 3. The number of aromatic amines is 1. The molecule has 15 heteroatoms. The van der Waals surface area contributed by atoms with Crippen molar-refractivity contribution in [3.63, 3.8) is 0 Å². The van der Waals surface area contributed by atoms with Gasteiger partial charge in [-0.2, -0.15) is 5.21 Å². The van der Waals surface area contributed by atoms with Gasteiger partial charge in [0, 0.05) is 23.7 Å². The first-order valence-corrected chi connectivity index (χ1v) is 13.5. The van der Waals surface area contributed by atoms with Crippen LogP contribution in [-0.2, 0) is 16.6 Å². The van der Waals surface area contributed by atoms with Crippen LogP contribution in [-0.4, -0.2) is 63.6 Å². The van der Waals surface area contributed by atoms with E-state index < -0.39 is 27.9 Å². The van der Waals surface area contributed by atoms with Crippen molar-refractivity contribution in [3.05, 3.63) is 82.7 Å². The van der Waals surface area contributed by atoms with Gasteiger partial charge in [0.2, 0.25) is 15.8 Å². The van der Waals surface area contributed by atoms with E-state index in [9.17, 15) is 22.4 Å². The number of sulfonamides is 1. The number of hydrogen-bond acceptors (Lipinski definition) is 9. The number of aryl methyl sites for hydroxylation is 1. The number of anilines is 1. The Kier molecular flexibility index (Phi) is 6.74. The van der Waals surface area contributed by atoms with Crippen molar-refractivity contribution in [2.24, 2.45) is 0 Å². The lowest BCUT2D eigenvalue weighted by Gasteiger charge is -2.17. The summed E-state index contributed by atoms with van der Waals surface area (Å²) in [6.07, 6.45) is 2.17. The molecule has 2 amide bonds. The first-order valence-electron chi connectivity index (χ1n) is 11.6. The summed E-state index contributed by atoms with van der Waals surface area (Å²) in [5, 5.41) is 19.2. The Hall–Kier alpha value is -4.79. The number of rotatable bonds is 7. The molecule has 2 aromatic carbocycles. The van der Waals surface area contributed by atoms with E-state index in [1.54, 1.807) is 37.3 Å². The SMILES string of the molecule is Cc1cc(CNC(=O)c2cc(C(=O)N[C@@H]3CN(S(C)(=O)=O)c4cc(-c5nn[nH]n5)ccc43)ncn2)ccc1F. The number of aromatic nitrogens is 6. The molecule has 39 heavy (non-hydrogen) atoms. The molecule has 0 spiro atoms. The third kappa shape index (κ3) is 5.43. The number of carbonyl (C=O) groups is 2. The van der Waals surface area contributed by atoms with E-state index in [0.29, 0.717) is 33.8 Å². The molecule has 1 aliphatic heterocycles. The smallest absolute Gasteiger partial charge is 0.270 e. The van der Waals surface area contributed by atoms with Gasteiger partial charge in [-0.25, -0.2) is 22.8 Å². The van der Waals surface area contributed by atoms with Gasteiger partial charge in [-0.3, -0.25) is 13.9 Å². The summed E-state index contributed by atoms with van der Waals surface area (Å²) in [6, 6.07) is 10.1. The summed E-state index contributed by atoms with van der Waals surface area (Å²) in [7, 11) is -3.67. The molecule has 2 aromatic heterocycles. The number of benzene rings is 2. The van der Waals surface area contributed by atoms with Gasteiger partial charge in [0.25, 0.3) is 11.8 Å². The largest absolute Gasteiger partial charge is 0.347 e. The molecule has 0 saturated carbocycles. The van der Waals surface area contributed by atoms with Crippen LogP contribution in [0.3, 0.4) is 0 Å². The van der Waals surface area contributed by atoms with Crippen molar-refractivity contribution in [1.29, 1.82) is 0 Å². The molecule has 0 radical (unpaired) electrons. The molecule has 1 aliphatic rings. The van der Waals surface area contributed by atoms with Gasteiger partial charge in [-0.15, -0.1) is 10.2 Å². The number of amides is 2. The van der Waals surface area contributed by atoms with Crippen LogP contribution in [0.5, 0.6) is 0 Å². The molecule has 0 saturated heterocycles. The molecule has 4 aromatic rings. The monoisotopic (exact) mass is 551 g/mol. The van der Waals surface area contributed by atoms with Crippen LogP contribution in [0.15, 0.2) is 48.8 Å². The third-order valence-electron chi connectivity index (χ3n) is 6.14. The van der Waals surface area contributed by atoms with Crippen molar-refractivity contribution >= 4 is 27.5 Å². The molecule has 1 atom stereocenters. The molecule has 5 rings (SSSR count). The maximum Gasteiger partial charge on any atom is 0.270 e. The summed E-state index contributed by atoms with van der Waals surface area (Å²) >= 11 is 0. The number of fused-ring (bicyclic) bond motifs is 1. The van der Waals surface area contributed by atoms with E-state index in [1.807, 2.05) is 0 Å². The lowest BCUT2D eigenvalue weighted by atomic mass is 10.1. The Morgan fingerprint density at radius 3 is 2.56 bits per heavy atom. The van der Waals surface area contributed by atoms with Crippen LogP contribution in [0.1, 0.15) is 43.7 Å². The predicted octanol–water partition coefficient (Wildman–Crippen LogP) is 1.28. The van der Waals surface area contributed by atoms with Gasteiger partial charge in [0.05, 0.1) is 24.5 Å². The summed E-state index contributed by atoms with van der Waals surface area (Å²) < 4.78 is 39.7. The number of H-pyrrole nitrogens is 1. The highest BCUT2D eigenvalue weighted by Crippen LogP contribution is 2.38. The lowest BCUT2D eigenvalue weighted by Crippen LogP contribution is -2.35. The topological polar surface area (TPSA) is 176 Å². The first-order chi connectivity index (χ1) is 18.6. The fourth-order valence-corrected chi connectivity index (χ4v) is 5.14. The maximum absolute atomic E-state index is 13.5.